The van der Waals surface area contributed by atoms with Gasteiger partial charge in [-0.15, -0.1) is 24.0 Å². The Labute approximate surface area is 157 Å². The summed E-state index contributed by atoms with van der Waals surface area (Å²) < 4.78 is 27.0. The molecule has 3 nitrogen and oxygen atoms in total. The molecule has 1 aliphatic rings. The molecule has 2 aromatic carbocycles. The summed E-state index contributed by atoms with van der Waals surface area (Å²) in [7, 11) is 0. The molecule has 0 heterocycles. The molecule has 0 atom stereocenters. The third-order valence-electron chi connectivity index (χ3n) is 4.23. The van der Waals surface area contributed by atoms with Crippen molar-refractivity contribution >= 4 is 35.6 Å². The SMILES string of the molecule is Cc1ccc(NC(N)=NCC2(c3ccc(F)cc3F)CC2)cc1.I. The number of hydrogen-bond acceptors (Lipinski definition) is 1. The van der Waals surface area contributed by atoms with E-state index in [1.54, 1.807) is 0 Å². The van der Waals surface area contributed by atoms with Gasteiger partial charge in [-0.25, -0.2) is 8.78 Å². The van der Waals surface area contributed by atoms with Crippen LogP contribution in [0.5, 0.6) is 0 Å². The second-order valence-electron chi connectivity index (χ2n) is 6.10. The lowest BCUT2D eigenvalue weighted by atomic mass is 9.95. The molecule has 0 aromatic heterocycles. The highest BCUT2D eigenvalue weighted by Gasteiger charge is 2.46. The van der Waals surface area contributed by atoms with Crippen LogP contribution in [0, 0.1) is 18.6 Å². The number of guanidine groups is 1. The van der Waals surface area contributed by atoms with E-state index in [-0.39, 0.29) is 29.4 Å². The predicted octanol–water partition coefficient (Wildman–Crippen LogP) is 4.35. The first-order chi connectivity index (χ1) is 11.0. The van der Waals surface area contributed by atoms with E-state index in [1.807, 2.05) is 31.2 Å². The molecule has 3 rings (SSSR count). The molecular weight excluding hydrogens is 423 g/mol. The van der Waals surface area contributed by atoms with Crippen molar-refractivity contribution in [2.24, 2.45) is 10.7 Å². The number of benzene rings is 2. The second kappa shape index (κ2) is 7.46. The summed E-state index contributed by atoms with van der Waals surface area (Å²) in [5.74, 6) is -0.781. The first-order valence-corrected chi connectivity index (χ1v) is 7.58. The van der Waals surface area contributed by atoms with Crippen molar-refractivity contribution in [1.82, 2.24) is 0 Å². The summed E-state index contributed by atoms with van der Waals surface area (Å²) >= 11 is 0. The van der Waals surface area contributed by atoms with Crippen LogP contribution >= 0.6 is 24.0 Å². The van der Waals surface area contributed by atoms with Crippen molar-refractivity contribution in [3.05, 3.63) is 65.2 Å². The van der Waals surface area contributed by atoms with Gasteiger partial charge < -0.3 is 11.1 Å². The van der Waals surface area contributed by atoms with E-state index >= 15 is 0 Å². The Bertz CT molecular complexity index is 740. The van der Waals surface area contributed by atoms with Crippen LogP contribution in [0.15, 0.2) is 47.5 Å². The van der Waals surface area contributed by atoms with Crippen LogP contribution in [0.2, 0.25) is 0 Å². The summed E-state index contributed by atoms with van der Waals surface area (Å²) in [5, 5.41) is 3.02. The minimum absolute atomic E-state index is 0. The van der Waals surface area contributed by atoms with Gasteiger partial charge in [-0.2, -0.15) is 0 Å². The maximum absolute atomic E-state index is 14.0. The van der Waals surface area contributed by atoms with Crippen LogP contribution in [0.4, 0.5) is 14.5 Å². The van der Waals surface area contributed by atoms with Gasteiger partial charge in [0.05, 0.1) is 6.54 Å². The lowest BCUT2D eigenvalue weighted by Crippen LogP contribution is -2.25. The Kier molecular flexibility index (Phi) is 5.79. The number of aryl methyl sites for hydroxylation is 1. The van der Waals surface area contributed by atoms with Crippen molar-refractivity contribution in [3.63, 3.8) is 0 Å². The highest BCUT2D eigenvalue weighted by Crippen LogP contribution is 2.49. The fourth-order valence-electron chi connectivity index (χ4n) is 2.64. The Balaban J connectivity index is 0.00000208. The van der Waals surface area contributed by atoms with Gasteiger partial charge in [0.1, 0.15) is 11.6 Å². The molecule has 0 saturated heterocycles. The molecule has 24 heavy (non-hydrogen) atoms. The fourth-order valence-corrected chi connectivity index (χ4v) is 2.64. The average molecular weight is 443 g/mol. The van der Waals surface area contributed by atoms with Crippen LogP contribution in [-0.4, -0.2) is 12.5 Å². The van der Waals surface area contributed by atoms with Crippen LogP contribution in [0.1, 0.15) is 24.0 Å². The summed E-state index contributed by atoms with van der Waals surface area (Å²) in [5.41, 5.74) is 8.09. The summed E-state index contributed by atoms with van der Waals surface area (Å²) in [6, 6.07) is 11.5. The van der Waals surface area contributed by atoms with Gasteiger partial charge in [0, 0.05) is 17.2 Å². The lowest BCUT2D eigenvalue weighted by Gasteiger charge is -2.15. The molecule has 0 spiro atoms. The number of nitrogens with two attached hydrogens (primary N) is 1. The normalized spacial score (nSPS) is 15.5. The largest absolute Gasteiger partial charge is 0.370 e. The molecule has 1 aliphatic carbocycles. The number of aliphatic imine (C=N–C) groups is 1. The molecule has 2 aromatic rings. The first-order valence-electron chi connectivity index (χ1n) is 7.58. The zero-order chi connectivity index (χ0) is 16.4. The number of rotatable bonds is 4. The number of halogens is 3. The molecule has 1 saturated carbocycles. The van der Waals surface area contributed by atoms with E-state index in [2.05, 4.69) is 10.3 Å². The smallest absolute Gasteiger partial charge is 0.193 e. The zero-order valence-electron chi connectivity index (χ0n) is 13.4. The minimum atomic E-state index is -0.564. The van der Waals surface area contributed by atoms with Crippen molar-refractivity contribution in [3.8, 4) is 0 Å². The van der Waals surface area contributed by atoms with Gasteiger partial charge in [-0.05, 0) is 43.5 Å². The molecule has 0 amide bonds. The number of anilines is 1. The molecular formula is C18H20F2IN3. The maximum atomic E-state index is 14.0. The van der Waals surface area contributed by atoms with E-state index < -0.39 is 11.6 Å². The molecule has 0 radical (unpaired) electrons. The molecule has 6 heteroatoms. The first kappa shape index (κ1) is 18.6. The Morgan fingerprint density at radius 1 is 1.17 bits per heavy atom. The molecule has 128 valence electrons. The van der Waals surface area contributed by atoms with E-state index in [9.17, 15) is 8.78 Å². The van der Waals surface area contributed by atoms with Crippen LogP contribution in [0.3, 0.4) is 0 Å². The van der Waals surface area contributed by atoms with Gasteiger partial charge in [0.15, 0.2) is 5.96 Å². The fraction of sp³-hybridized carbons (Fsp3) is 0.278. The zero-order valence-corrected chi connectivity index (χ0v) is 15.7. The van der Waals surface area contributed by atoms with Gasteiger partial charge in [0.25, 0.3) is 0 Å². The van der Waals surface area contributed by atoms with E-state index in [0.29, 0.717) is 18.1 Å². The number of nitrogens with zero attached hydrogens (tertiary/aromatic N) is 1. The average Bonchev–Trinajstić information content (AvgIpc) is 3.28. The van der Waals surface area contributed by atoms with Gasteiger partial charge in [0.2, 0.25) is 0 Å². The van der Waals surface area contributed by atoms with Gasteiger partial charge in [-0.3, -0.25) is 4.99 Å². The van der Waals surface area contributed by atoms with Crippen molar-refractivity contribution in [1.29, 1.82) is 0 Å². The number of nitrogens with one attached hydrogen (secondary N) is 1. The van der Waals surface area contributed by atoms with Crippen LogP contribution < -0.4 is 11.1 Å². The summed E-state index contributed by atoms with van der Waals surface area (Å²) in [6.45, 7) is 2.40. The predicted molar refractivity (Wildman–Crippen MR) is 104 cm³/mol. The maximum Gasteiger partial charge on any atom is 0.193 e. The molecule has 3 N–H and O–H groups in total. The quantitative estimate of drug-likeness (QED) is 0.420. The summed E-state index contributed by atoms with van der Waals surface area (Å²) in [4.78, 5) is 4.34. The lowest BCUT2D eigenvalue weighted by molar-refractivity contribution is 0.549. The topological polar surface area (TPSA) is 50.4 Å². The van der Waals surface area contributed by atoms with Crippen LogP contribution in [0.25, 0.3) is 0 Å². The third kappa shape index (κ3) is 4.23. The number of hydrogen-bond donors (Lipinski definition) is 2. The van der Waals surface area contributed by atoms with Crippen molar-refractivity contribution in [2.75, 3.05) is 11.9 Å². The van der Waals surface area contributed by atoms with Crippen LogP contribution in [-0.2, 0) is 5.41 Å². The highest BCUT2D eigenvalue weighted by atomic mass is 127. The molecule has 0 unspecified atom stereocenters. The van der Waals surface area contributed by atoms with Crippen molar-refractivity contribution < 1.29 is 8.78 Å². The molecule has 0 bridgehead atoms. The van der Waals surface area contributed by atoms with Crippen molar-refractivity contribution in [2.45, 2.75) is 25.2 Å². The standard InChI is InChI=1S/C18H19F2N3.HI/c1-12-2-5-14(6-3-12)23-17(21)22-11-18(8-9-18)15-7-4-13(19)10-16(15)20;/h2-7,10H,8-9,11H2,1H3,(H3,21,22,23);1H. The Hall–Kier alpha value is -1.70. The highest BCUT2D eigenvalue weighted by molar-refractivity contribution is 14.0. The Morgan fingerprint density at radius 3 is 2.42 bits per heavy atom. The molecule has 1 fully saturated rings. The minimum Gasteiger partial charge on any atom is -0.370 e. The van der Waals surface area contributed by atoms with E-state index in [1.165, 1.54) is 12.1 Å². The van der Waals surface area contributed by atoms with Gasteiger partial charge in [-0.1, -0.05) is 23.8 Å². The molecule has 0 aliphatic heterocycles. The van der Waals surface area contributed by atoms with E-state index in [4.69, 9.17) is 5.73 Å². The second-order valence-corrected chi connectivity index (χ2v) is 6.10. The Morgan fingerprint density at radius 2 is 1.83 bits per heavy atom. The van der Waals surface area contributed by atoms with E-state index in [0.717, 1.165) is 30.2 Å². The third-order valence-corrected chi connectivity index (χ3v) is 4.23. The van der Waals surface area contributed by atoms with Gasteiger partial charge >= 0.3 is 0 Å². The summed E-state index contributed by atoms with van der Waals surface area (Å²) in [6.07, 6.45) is 1.66. The monoisotopic (exact) mass is 443 g/mol.